The van der Waals surface area contributed by atoms with Crippen molar-refractivity contribution in [2.75, 3.05) is 0 Å². The molecule has 3 heteroatoms. The Labute approximate surface area is 114 Å². The summed E-state index contributed by atoms with van der Waals surface area (Å²) < 4.78 is 0. The Kier molecular flexibility index (Phi) is 3.56. The summed E-state index contributed by atoms with van der Waals surface area (Å²) in [6, 6.07) is 5.94. The number of carbonyl (C=O) groups excluding carboxylic acids is 1. The molecular formula is C16H21NO2. The Morgan fingerprint density at radius 3 is 2.74 bits per heavy atom. The van der Waals surface area contributed by atoms with E-state index in [1.165, 1.54) is 17.5 Å². The fourth-order valence-corrected chi connectivity index (χ4v) is 3.24. The third-order valence-corrected chi connectivity index (χ3v) is 4.41. The van der Waals surface area contributed by atoms with Crippen LogP contribution in [0.5, 0.6) is 0 Å². The lowest BCUT2D eigenvalue weighted by Crippen LogP contribution is -2.45. The molecule has 3 rings (SSSR count). The molecule has 2 aliphatic rings. The number of aliphatic hydroxyl groups excluding tert-OH is 1. The summed E-state index contributed by atoms with van der Waals surface area (Å²) in [4.78, 5) is 12.2. The SMILES string of the molecule is O=C(NC1CCCCC1O)c1ccc2c(c1)CCC2. The van der Waals surface area contributed by atoms with Gasteiger partial charge in [-0.15, -0.1) is 0 Å². The number of nitrogens with one attached hydrogen (secondary N) is 1. The quantitative estimate of drug-likeness (QED) is 0.855. The van der Waals surface area contributed by atoms with E-state index in [0.29, 0.717) is 0 Å². The highest BCUT2D eigenvalue weighted by molar-refractivity contribution is 5.94. The number of aryl methyl sites for hydroxylation is 2. The first-order chi connectivity index (χ1) is 9.24. The molecule has 0 saturated heterocycles. The summed E-state index contributed by atoms with van der Waals surface area (Å²) in [5, 5.41) is 12.9. The van der Waals surface area contributed by atoms with Crippen molar-refractivity contribution in [2.24, 2.45) is 0 Å². The van der Waals surface area contributed by atoms with Crippen LogP contribution in [0.2, 0.25) is 0 Å². The third kappa shape index (κ3) is 2.66. The number of aliphatic hydroxyl groups is 1. The van der Waals surface area contributed by atoms with E-state index >= 15 is 0 Å². The van der Waals surface area contributed by atoms with Crippen LogP contribution < -0.4 is 5.32 Å². The van der Waals surface area contributed by atoms with E-state index in [0.717, 1.165) is 44.1 Å². The molecule has 0 aromatic heterocycles. The molecule has 1 saturated carbocycles. The van der Waals surface area contributed by atoms with E-state index in [9.17, 15) is 9.90 Å². The second-order valence-electron chi connectivity index (χ2n) is 5.77. The van der Waals surface area contributed by atoms with Gasteiger partial charge in [-0.25, -0.2) is 0 Å². The van der Waals surface area contributed by atoms with Crippen LogP contribution in [0.25, 0.3) is 0 Å². The molecule has 0 aliphatic heterocycles. The predicted molar refractivity (Wildman–Crippen MR) is 74.2 cm³/mol. The molecule has 1 amide bonds. The summed E-state index contributed by atoms with van der Waals surface area (Å²) >= 11 is 0. The number of carbonyl (C=O) groups is 1. The Balaban J connectivity index is 1.70. The second-order valence-corrected chi connectivity index (χ2v) is 5.77. The molecule has 2 unspecified atom stereocenters. The lowest BCUT2D eigenvalue weighted by Gasteiger charge is -2.28. The maximum absolute atomic E-state index is 12.2. The molecule has 0 spiro atoms. The summed E-state index contributed by atoms with van der Waals surface area (Å²) in [6.45, 7) is 0. The average molecular weight is 259 g/mol. The summed E-state index contributed by atoms with van der Waals surface area (Å²) in [5.74, 6) is -0.0411. The van der Waals surface area contributed by atoms with Crippen molar-refractivity contribution in [2.45, 2.75) is 57.1 Å². The minimum Gasteiger partial charge on any atom is -0.391 e. The van der Waals surface area contributed by atoms with Crippen molar-refractivity contribution in [3.05, 3.63) is 34.9 Å². The van der Waals surface area contributed by atoms with Gasteiger partial charge in [0.2, 0.25) is 0 Å². The maximum atomic E-state index is 12.2. The first-order valence-corrected chi connectivity index (χ1v) is 7.35. The van der Waals surface area contributed by atoms with E-state index in [1.807, 2.05) is 12.1 Å². The van der Waals surface area contributed by atoms with Gasteiger partial charge in [0.1, 0.15) is 0 Å². The Bertz CT molecular complexity index is 484. The molecule has 0 heterocycles. The first kappa shape index (κ1) is 12.7. The molecule has 0 bridgehead atoms. The van der Waals surface area contributed by atoms with Crippen LogP contribution in [0.3, 0.4) is 0 Å². The van der Waals surface area contributed by atoms with Crippen molar-refractivity contribution in [3.63, 3.8) is 0 Å². The molecule has 3 nitrogen and oxygen atoms in total. The van der Waals surface area contributed by atoms with Gasteiger partial charge in [-0.2, -0.15) is 0 Å². The number of fused-ring (bicyclic) bond motifs is 1. The molecule has 102 valence electrons. The van der Waals surface area contributed by atoms with Crippen LogP contribution in [0.1, 0.15) is 53.6 Å². The number of hydrogen-bond donors (Lipinski definition) is 2. The molecule has 0 radical (unpaired) electrons. The van der Waals surface area contributed by atoms with E-state index in [4.69, 9.17) is 0 Å². The number of rotatable bonds is 2. The van der Waals surface area contributed by atoms with Crippen molar-refractivity contribution in [3.8, 4) is 0 Å². The standard InChI is InChI=1S/C16H21NO2/c18-15-7-2-1-6-14(15)17-16(19)13-9-8-11-4-3-5-12(11)10-13/h8-10,14-15,18H,1-7H2,(H,17,19). The molecule has 2 atom stereocenters. The zero-order valence-corrected chi connectivity index (χ0v) is 11.2. The van der Waals surface area contributed by atoms with E-state index in [1.54, 1.807) is 0 Å². The van der Waals surface area contributed by atoms with Crippen LogP contribution in [0.15, 0.2) is 18.2 Å². The minimum atomic E-state index is -0.382. The van der Waals surface area contributed by atoms with Gasteiger partial charge in [-0.05, 0) is 55.4 Å². The molecule has 1 aromatic carbocycles. The molecule has 1 fully saturated rings. The summed E-state index contributed by atoms with van der Waals surface area (Å²) in [7, 11) is 0. The Hall–Kier alpha value is -1.35. The van der Waals surface area contributed by atoms with Gasteiger partial charge in [0.05, 0.1) is 12.1 Å². The minimum absolute atomic E-state index is 0.0411. The molecular weight excluding hydrogens is 238 g/mol. The average Bonchev–Trinajstić information content (AvgIpc) is 2.88. The van der Waals surface area contributed by atoms with Gasteiger partial charge in [0, 0.05) is 5.56 Å². The van der Waals surface area contributed by atoms with Crippen LogP contribution in [0.4, 0.5) is 0 Å². The zero-order valence-electron chi connectivity index (χ0n) is 11.2. The van der Waals surface area contributed by atoms with Gasteiger partial charge < -0.3 is 10.4 Å². The highest BCUT2D eigenvalue weighted by atomic mass is 16.3. The third-order valence-electron chi connectivity index (χ3n) is 4.41. The van der Waals surface area contributed by atoms with E-state index < -0.39 is 0 Å². The van der Waals surface area contributed by atoms with Gasteiger partial charge in [0.25, 0.3) is 5.91 Å². The normalized spacial score (nSPS) is 25.9. The fraction of sp³-hybridized carbons (Fsp3) is 0.562. The second kappa shape index (κ2) is 5.33. The highest BCUT2D eigenvalue weighted by Gasteiger charge is 2.25. The molecule has 2 N–H and O–H groups in total. The molecule has 19 heavy (non-hydrogen) atoms. The van der Waals surface area contributed by atoms with E-state index in [2.05, 4.69) is 11.4 Å². The largest absolute Gasteiger partial charge is 0.391 e. The Morgan fingerprint density at radius 2 is 1.89 bits per heavy atom. The number of benzene rings is 1. The van der Waals surface area contributed by atoms with Crippen LogP contribution in [0, 0.1) is 0 Å². The molecule has 1 aromatic rings. The zero-order chi connectivity index (χ0) is 13.2. The summed E-state index contributed by atoms with van der Waals surface area (Å²) in [5.41, 5.74) is 3.43. The topological polar surface area (TPSA) is 49.3 Å². The predicted octanol–water partition coefficient (Wildman–Crippen LogP) is 2.21. The number of amides is 1. The highest BCUT2D eigenvalue weighted by Crippen LogP contribution is 2.23. The fourth-order valence-electron chi connectivity index (χ4n) is 3.24. The van der Waals surface area contributed by atoms with Gasteiger partial charge in [-0.3, -0.25) is 4.79 Å². The van der Waals surface area contributed by atoms with Gasteiger partial charge in [-0.1, -0.05) is 18.9 Å². The van der Waals surface area contributed by atoms with Crippen LogP contribution in [-0.4, -0.2) is 23.2 Å². The van der Waals surface area contributed by atoms with Crippen molar-refractivity contribution >= 4 is 5.91 Å². The summed E-state index contributed by atoms with van der Waals surface area (Å²) in [6.07, 6.45) is 6.88. The van der Waals surface area contributed by atoms with Gasteiger partial charge >= 0.3 is 0 Å². The maximum Gasteiger partial charge on any atom is 0.251 e. The van der Waals surface area contributed by atoms with Crippen molar-refractivity contribution < 1.29 is 9.90 Å². The smallest absolute Gasteiger partial charge is 0.251 e. The number of hydrogen-bond acceptors (Lipinski definition) is 2. The van der Waals surface area contributed by atoms with Crippen molar-refractivity contribution in [1.82, 2.24) is 5.32 Å². The van der Waals surface area contributed by atoms with E-state index in [-0.39, 0.29) is 18.1 Å². The monoisotopic (exact) mass is 259 g/mol. The van der Waals surface area contributed by atoms with Crippen molar-refractivity contribution in [1.29, 1.82) is 0 Å². The lowest BCUT2D eigenvalue weighted by molar-refractivity contribution is 0.0717. The van der Waals surface area contributed by atoms with Crippen LogP contribution >= 0.6 is 0 Å². The lowest BCUT2D eigenvalue weighted by atomic mass is 9.92. The van der Waals surface area contributed by atoms with Gasteiger partial charge in [0.15, 0.2) is 0 Å². The Morgan fingerprint density at radius 1 is 1.11 bits per heavy atom. The van der Waals surface area contributed by atoms with Crippen LogP contribution in [-0.2, 0) is 12.8 Å². The first-order valence-electron chi connectivity index (χ1n) is 7.35. The molecule has 2 aliphatic carbocycles.